The van der Waals surface area contributed by atoms with Gasteiger partial charge in [-0.25, -0.2) is 13.9 Å². The number of allylic oxidation sites excluding steroid dienone is 11. The van der Waals surface area contributed by atoms with Crippen LogP contribution in [0, 0.1) is 0 Å². The summed E-state index contributed by atoms with van der Waals surface area (Å²) in [5.74, 6) is -1.45. The maximum atomic E-state index is 12.9. The van der Waals surface area contributed by atoms with Gasteiger partial charge < -0.3 is 45.1 Å². The summed E-state index contributed by atoms with van der Waals surface area (Å²) in [6.07, 6.45) is 34.4. The van der Waals surface area contributed by atoms with E-state index in [0.717, 1.165) is 62.1 Å². The number of carbonyl (C=O) groups is 2. The molecule has 0 aliphatic carbocycles. The van der Waals surface area contributed by atoms with Gasteiger partial charge >= 0.3 is 33.3 Å². The highest BCUT2D eigenvalue weighted by atomic mass is 31.3. The lowest BCUT2D eigenvalue weighted by atomic mass is 10.1. The Bertz CT molecular complexity index is 1990. The van der Waals surface area contributed by atoms with Gasteiger partial charge in [0.25, 0.3) is 0 Å². The van der Waals surface area contributed by atoms with Crippen molar-refractivity contribution >= 4 is 33.4 Å². The Kier molecular flexibility index (Phi) is 33.7. The quantitative estimate of drug-likeness (QED) is 0.0117. The zero-order valence-electron chi connectivity index (χ0n) is 41.6. The summed E-state index contributed by atoms with van der Waals surface area (Å²) in [5.41, 5.74) is 4.57. The largest absolute Gasteiger partial charge is 0.481 e. The Morgan fingerprint density at radius 3 is 2.07 bits per heavy atom. The van der Waals surface area contributed by atoms with Crippen molar-refractivity contribution in [3.8, 4) is 0 Å². The highest BCUT2D eigenvalue weighted by molar-refractivity contribution is 7.61. The van der Waals surface area contributed by atoms with Crippen molar-refractivity contribution in [1.29, 1.82) is 0 Å². The molecule has 0 aromatic carbocycles. The number of unbranched alkanes of at least 4 members (excludes halogenated alkanes) is 11. The SMILES string of the molecule is CC/C=C/C/C=C/C=C/C(O)CCCCCCCC(=O)O[C@H](COC(=O)CCC/C=C\C/C=C\C/C=C\CCCCCCCC)COP(=O)(O)OP(=O)(O)OC[C@H]1O[C@@H](n2ccc(N)nc2=O)[C@H](O)[C@@H]1O. The normalized spacial score (nSPS) is 20.2. The number of aliphatic hydroxyl groups is 3. The van der Waals surface area contributed by atoms with Crippen LogP contribution >= 0.6 is 15.6 Å². The number of hydrogen-bond acceptors (Lipinski definition) is 16. The van der Waals surface area contributed by atoms with Crippen LogP contribution in [0.3, 0.4) is 0 Å². The Hall–Kier alpha value is -3.84. The van der Waals surface area contributed by atoms with Gasteiger partial charge in [0.05, 0.1) is 19.3 Å². The van der Waals surface area contributed by atoms with Crippen molar-refractivity contribution in [2.45, 2.75) is 185 Å². The molecule has 71 heavy (non-hydrogen) atoms. The van der Waals surface area contributed by atoms with Crippen molar-refractivity contribution in [3.05, 3.63) is 95.7 Å². The van der Waals surface area contributed by atoms with Gasteiger partial charge in [-0.2, -0.15) is 9.29 Å². The molecule has 1 aliphatic rings. The van der Waals surface area contributed by atoms with Crippen molar-refractivity contribution in [3.63, 3.8) is 0 Å². The standard InChI is InChI=1S/C50H81N3O16P2/c1-3-5-7-9-11-12-13-14-15-16-17-18-19-20-22-26-30-34-45(55)64-38-42(67-46(56)35-31-27-23-25-29-33-41(54)32-28-24-21-10-8-6-4-2)39-65-70(60,61)69-71(62,63)66-40-43-47(57)48(58)49(68-43)53-37-36-44(51)52-50(53)59/h6,8,14-15,17-18,20-22,24,28,32,36-37,41-43,47-49,54,57-58H,3-5,7,9-13,16,19,23,25-27,29-31,33-35,38-40H2,1-2H3,(H,60,61)(H,62,63)(H2,51,52,59)/b8-6+,15-14-,18-17-,22-20-,24-21+,32-28+/t41?,42-,43-,47-,48-,49-/m1/s1. The number of nitrogens with two attached hydrogens (primary N) is 1. The van der Waals surface area contributed by atoms with Crippen LogP contribution in [0.5, 0.6) is 0 Å². The lowest BCUT2D eigenvalue weighted by molar-refractivity contribution is -0.161. The van der Waals surface area contributed by atoms with E-state index in [0.29, 0.717) is 32.1 Å². The molecular formula is C50H81N3O16P2. The van der Waals surface area contributed by atoms with E-state index in [9.17, 15) is 48.6 Å². The highest BCUT2D eigenvalue weighted by Gasteiger charge is 2.46. The summed E-state index contributed by atoms with van der Waals surface area (Å²) in [4.78, 5) is 61.9. The number of aromatic nitrogens is 2. The molecule has 1 fully saturated rings. The van der Waals surface area contributed by atoms with Crippen molar-refractivity contribution < 1.29 is 71.4 Å². The summed E-state index contributed by atoms with van der Waals surface area (Å²) in [6.45, 7) is 1.86. The van der Waals surface area contributed by atoms with Crippen molar-refractivity contribution in [2.75, 3.05) is 25.6 Å². The van der Waals surface area contributed by atoms with Gasteiger partial charge in [-0.15, -0.1) is 0 Å². The summed E-state index contributed by atoms with van der Waals surface area (Å²) >= 11 is 0. The molecule has 0 radical (unpaired) electrons. The van der Waals surface area contributed by atoms with Crippen LogP contribution in [0.25, 0.3) is 0 Å². The maximum absolute atomic E-state index is 12.9. The molecule has 19 nitrogen and oxygen atoms in total. The van der Waals surface area contributed by atoms with E-state index in [-0.39, 0.29) is 18.7 Å². The molecule has 1 aromatic heterocycles. The van der Waals surface area contributed by atoms with Crippen LogP contribution in [0.4, 0.5) is 5.82 Å². The molecule has 0 spiro atoms. The number of ether oxygens (including phenoxy) is 3. The van der Waals surface area contributed by atoms with Crippen LogP contribution in [0.1, 0.15) is 155 Å². The summed E-state index contributed by atoms with van der Waals surface area (Å²) in [5, 5.41) is 31.1. The smallest absolute Gasteiger partial charge is 0.462 e. The third-order valence-electron chi connectivity index (χ3n) is 10.9. The predicted octanol–water partition coefficient (Wildman–Crippen LogP) is 9.08. The van der Waals surface area contributed by atoms with Crippen LogP contribution < -0.4 is 11.4 Å². The molecule has 402 valence electrons. The van der Waals surface area contributed by atoms with Gasteiger partial charge in [0.2, 0.25) is 0 Å². The van der Waals surface area contributed by atoms with Crippen LogP contribution in [0.2, 0.25) is 0 Å². The van der Waals surface area contributed by atoms with E-state index < -0.39 is 89.8 Å². The third kappa shape index (κ3) is 30.7. The first-order valence-electron chi connectivity index (χ1n) is 25.1. The third-order valence-corrected chi connectivity index (χ3v) is 13.5. The number of esters is 2. The van der Waals surface area contributed by atoms with Gasteiger partial charge in [-0.05, 0) is 70.3 Å². The minimum absolute atomic E-state index is 0.0316. The minimum atomic E-state index is -5.46. The lowest BCUT2D eigenvalue weighted by Gasteiger charge is -2.21. The second-order valence-corrected chi connectivity index (χ2v) is 20.2. The average Bonchev–Trinajstić information content (AvgIpc) is 3.60. The first-order valence-corrected chi connectivity index (χ1v) is 28.0. The van der Waals surface area contributed by atoms with Gasteiger partial charge in [0.1, 0.15) is 30.7 Å². The number of phosphoric acid groups is 2. The topological polar surface area (TPSA) is 286 Å². The molecule has 0 bridgehead atoms. The van der Waals surface area contributed by atoms with E-state index in [1.807, 2.05) is 30.4 Å². The Balaban J connectivity index is 1.85. The monoisotopic (exact) mass is 1040 g/mol. The predicted molar refractivity (Wildman–Crippen MR) is 271 cm³/mol. The van der Waals surface area contributed by atoms with Gasteiger partial charge in [-0.1, -0.05) is 145 Å². The Labute approximate surface area is 419 Å². The van der Waals surface area contributed by atoms with E-state index in [4.69, 9.17) is 29.0 Å². The average molecular weight is 1040 g/mol. The summed E-state index contributed by atoms with van der Waals surface area (Å²) in [6, 6.07) is 1.24. The molecule has 3 unspecified atom stereocenters. The molecule has 1 saturated heterocycles. The second kappa shape index (κ2) is 37.8. The van der Waals surface area contributed by atoms with E-state index in [1.165, 1.54) is 44.6 Å². The van der Waals surface area contributed by atoms with Gasteiger partial charge in [0, 0.05) is 19.0 Å². The fourth-order valence-electron chi connectivity index (χ4n) is 6.98. The van der Waals surface area contributed by atoms with E-state index in [1.54, 1.807) is 6.08 Å². The molecule has 2 rings (SSSR count). The minimum Gasteiger partial charge on any atom is -0.462 e. The number of nitrogens with zero attached hydrogens (tertiary/aromatic N) is 2. The number of hydrogen-bond donors (Lipinski definition) is 6. The fourth-order valence-corrected chi connectivity index (χ4v) is 9.09. The number of carbonyl (C=O) groups excluding carboxylic acids is 2. The van der Waals surface area contributed by atoms with E-state index in [2.05, 4.69) is 59.6 Å². The number of nitrogen functional groups attached to an aromatic ring is 1. The van der Waals surface area contributed by atoms with Crippen LogP contribution in [-0.2, 0) is 46.3 Å². The molecule has 1 aromatic rings. The maximum Gasteiger partial charge on any atom is 0.481 e. The van der Waals surface area contributed by atoms with Crippen molar-refractivity contribution in [1.82, 2.24) is 9.55 Å². The molecule has 8 atom stereocenters. The number of aliphatic hydroxyl groups excluding tert-OH is 3. The molecule has 21 heteroatoms. The van der Waals surface area contributed by atoms with Crippen LogP contribution in [0.15, 0.2) is 90.0 Å². The molecule has 7 N–H and O–H groups in total. The van der Waals surface area contributed by atoms with Crippen molar-refractivity contribution in [2.24, 2.45) is 0 Å². The highest BCUT2D eigenvalue weighted by Crippen LogP contribution is 2.60. The van der Waals surface area contributed by atoms with Gasteiger partial charge in [-0.3, -0.25) is 23.2 Å². The second-order valence-electron chi connectivity index (χ2n) is 17.1. The summed E-state index contributed by atoms with van der Waals surface area (Å²) in [7, 11) is -10.9. The Morgan fingerprint density at radius 2 is 1.37 bits per heavy atom. The molecule has 0 saturated carbocycles. The van der Waals surface area contributed by atoms with Crippen LogP contribution in [-0.4, -0.2) is 96.9 Å². The number of anilines is 1. The summed E-state index contributed by atoms with van der Waals surface area (Å²) < 4.78 is 56.6. The Morgan fingerprint density at radius 1 is 0.761 bits per heavy atom. The number of phosphoric ester groups is 2. The zero-order valence-corrected chi connectivity index (χ0v) is 43.4. The first kappa shape index (κ1) is 63.3. The lowest BCUT2D eigenvalue weighted by Crippen LogP contribution is -2.36. The molecule has 1 aliphatic heterocycles. The fraction of sp³-hybridized carbons (Fsp3) is 0.640. The zero-order chi connectivity index (χ0) is 52.2. The first-order chi connectivity index (χ1) is 34.1. The number of rotatable bonds is 40. The molecule has 2 heterocycles. The molecular weight excluding hydrogens is 961 g/mol. The van der Waals surface area contributed by atoms with Gasteiger partial charge in [0.15, 0.2) is 12.3 Å². The molecule has 0 amide bonds. The van der Waals surface area contributed by atoms with E-state index >= 15 is 0 Å².